The van der Waals surface area contributed by atoms with Crippen molar-refractivity contribution in [1.82, 2.24) is 40.8 Å². The second-order valence-electron chi connectivity index (χ2n) is 15.4. The molecule has 2 atom stereocenters. The number of carbonyl (C=O) groups excluding carboxylic acids is 4. The molecule has 0 bridgehead atoms. The summed E-state index contributed by atoms with van der Waals surface area (Å²) in [4.78, 5) is 61.5. The van der Waals surface area contributed by atoms with Crippen molar-refractivity contribution in [1.29, 1.82) is 0 Å². The second-order valence-corrected chi connectivity index (χ2v) is 15.4. The summed E-state index contributed by atoms with van der Waals surface area (Å²) < 4.78 is 31.1. The zero-order valence-electron chi connectivity index (χ0n) is 40.6. The molecule has 2 unspecified atom stereocenters. The highest BCUT2D eigenvalue weighted by molar-refractivity contribution is 5.83. The molecule has 4 aromatic rings. The van der Waals surface area contributed by atoms with E-state index in [0.29, 0.717) is 70.5 Å². The van der Waals surface area contributed by atoms with E-state index in [1.165, 1.54) is 20.6 Å². The number of methoxy groups -OCH3 is 4. The lowest BCUT2D eigenvalue weighted by Gasteiger charge is -2.29. The van der Waals surface area contributed by atoms with E-state index in [-0.39, 0.29) is 29.8 Å². The molecule has 18 nitrogen and oxygen atoms in total. The summed E-state index contributed by atoms with van der Waals surface area (Å²) >= 11 is 0. The molecule has 66 heavy (non-hydrogen) atoms. The number of likely N-dealkylation sites (N-methyl/N-ethyl adjacent to an activating group) is 2. The molecule has 1 aliphatic rings. The fraction of sp³-hybridized carbons (Fsp3) is 0.542. The first-order valence-corrected chi connectivity index (χ1v) is 22.5. The number of hydrogen-bond donors (Lipinski definition) is 5. The van der Waals surface area contributed by atoms with Crippen LogP contribution in [-0.2, 0) is 44.5 Å². The van der Waals surface area contributed by atoms with Crippen LogP contribution >= 0.6 is 0 Å². The number of unbranched alkanes of at least 4 members (excludes halogenated alkanes) is 1. The molecule has 0 radical (unpaired) electrons. The van der Waals surface area contributed by atoms with Crippen molar-refractivity contribution in [2.45, 2.75) is 78.3 Å². The third-order valence-electron chi connectivity index (χ3n) is 9.97. The van der Waals surface area contributed by atoms with Crippen LogP contribution in [0.15, 0.2) is 48.8 Å². The monoisotopic (exact) mass is 923 g/mol. The maximum absolute atomic E-state index is 13.6. The van der Waals surface area contributed by atoms with Crippen molar-refractivity contribution >= 4 is 24.8 Å². The van der Waals surface area contributed by atoms with Gasteiger partial charge < -0.3 is 59.2 Å². The summed E-state index contributed by atoms with van der Waals surface area (Å²) in [5.74, 6) is 3.15. The van der Waals surface area contributed by atoms with Crippen LogP contribution < -0.4 is 25.4 Å². The van der Waals surface area contributed by atoms with E-state index in [9.17, 15) is 9.59 Å². The van der Waals surface area contributed by atoms with Gasteiger partial charge in [0, 0.05) is 33.7 Å². The van der Waals surface area contributed by atoms with Crippen LogP contribution in [0, 0.1) is 5.92 Å². The minimum Gasteiger partial charge on any atom is -0.490 e. The summed E-state index contributed by atoms with van der Waals surface area (Å²) in [6.45, 7) is 12.3. The summed E-state index contributed by atoms with van der Waals surface area (Å²) in [6, 6.07) is 11.9. The average Bonchev–Trinajstić information content (AvgIpc) is 4.12. The minimum atomic E-state index is -0.263. The number of nitrogens with zero attached hydrogens (tertiary/aromatic N) is 3. The smallest absolute Gasteiger partial charge is 0.292 e. The Bertz CT molecular complexity index is 1930. The Morgan fingerprint density at radius 2 is 1.39 bits per heavy atom. The summed E-state index contributed by atoms with van der Waals surface area (Å²) in [7, 11) is 9.51. The number of carbonyl (C=O) groups is 4. The number of aromatic nitrogens is 4. The average molecular weight is 923 g/mol. The van der Waals surface area contributed by atoms with Crippen LogP contribution in [0.1, 0.15) is 77.5 Å². The third-order valence-corrected chi connectivity index (χ3v) is 9.97. The summed E-state index contributed by atoms with van der Waals surface area (Å²) in [6.07, 6.45) is 9.24. The zero-order valence-corrected chi connectivity index (χ0v) is 40.6. The predicted octanol–water partition coefficient (Wildman–Crippen LogP) is 5.74. The highest BCUT2D eigenvalue weighted by Crippen LogP contribution is 2.43. The quantitative estimate of drug-likeness (QED) is 0.0418. The van der Waals surface area contributed by atoms with Crippen molar-refractivity contribution in [3.8, 4) is 45.1 Å². The van der Waals surface area contributed by atoms with Crippen molar-refractivity contribution in [3.05, 3.63) is 60.4 Å². The van der Waals surface area contributed by atoms with Gasteiger partial charge in [-0.25, -0.2) is 9.97 Å². The van der Waals surface area contributed by atoms with Gasteiger partial charge in [0.15, 0.2) is 0 Å². The Morgan fingerprint density at radius 1 is 0.818 bits per heavy atom. The van der Waals surface area contributed by atoms with E-state index in [2.05, 4.69) is 92.3 Å². The number of nitrogens with one attached hydrogen (secondary N) is 5. The molecule has 0 saturated carbocycles. The Kier molecular flexibility index (Phi) is 28.0. The van der Waals surface area contributed by atoms with Gasteiger partial charge in [-0.1, -0.05) is 58.4 Å². The van der Waals surface area contributed by atoms with Gasteiger partial charge in [0.25, 0.3) is 12.9 Å². The number of likely N-dealkylation sites (tertiary alicyclic amines) is 1. The number of ether oxygens (including phenoxy) is 6. The fourth-order valence-electron chi connectivity index (χ4n) is 6.93. The molecule has 5 rings (SSSR count). The number of hydrogen-bond acceptors (Lipinski definition) is 14. The SMILES string of the molecule is CCC.CNCC(=O)NCCCCc1ncc(-c2ccc(-c3cc(OCCOC)c(-c4cnc(C5CCCN5C(=O)C(NC)C(C)C)[nH]4)c(OCCOC)c3)cc2)[nH]1.COC=O.COC=O. The van der Waals surface area contributed by atoms with E-state index in [1.807, 2.05) is 30.3 Å². The van der Waals surface area contributed by atoms with Gasteiger partial charge in [-0.3, -0.25) is 19.2 Å². The number of imidazole rings is 2. The van der Waals surface area contributed by atoms with Crippen LogP contribution in [0.5, 0.6) is 11.5 Å². The maximum Gasteiger partial charge on any atom is 0.292 e. The molecule has 2 amide bonds. The fourth-order valence-corrected chi connectivity index (χ4v) is 6.93. The Morgan fingerprint density at radius 3 is 1.92 bits per heavy atom. The Hall–Kier alpha value is -5.82. The van der Waals surface area contributed by atoms with Gasteiger partial charge in [0.05, 0.1) is 75.4 Å². The van der Waals surface area contributed by atoms with E-state index in [0.717, 1.165) is 77.4 Å². The number of amides is 2. The van der Waals surface area contributed by atoms with Gasteiger partial charge >= 0.3 is 0 Å². The van der Waals surface area contributed by atoms with E-state index in [1.54, 1.807) is 27.5 Å². The van der Waals surface area contributed by atoms with Gasteiger partial charge in [-0.15, -0.1) is 0 Å². The van der Waals surface area contributed by atoms with E-state index in [4.69, 9.17) is 33.5 Å². The number of rotatable bonds is 24. The molecule has 5 N–H and O–H groups in total. The molecule has 0 aliphatic carbocycles. The standard InChI is InChI=1S/C41H58N8O6.C3H8.2C2H4O2/c1-27(2)39(43-4)41(51)49-17-9-10-33(49)40-46-25-32(48-40)38-34(54-20-18-52-5)22-30(23-35(38)55-21-19-53-6)28-12-14-29(15-13-28)31-24-45-36(47-31)11-7-8-16-44-37(50)26-42-3;1-3-2;2*1-4-2-3/h12-15,22-25,27,33,39,42-43H,7-11,16-21,26H2,1-6H3,(H,44,50)(H,45,47)(H,46,48);3H2,1-2H3;2*2H,1H3. The van der Waals surface area contributed by atoms with Crippen molar-refractivity contribution in [2.24, 2.45) is 5.92 Å². The van der Waals surface area contributed by atoms with Crippen molar-refractivity contribution in [2.75, 3.05) is 88.6 Å². The summed E-state index contributed by atoms with van der Waals surface area (Å²) in [5, 5.41) is 8.96. The Labute approximate surface area is 390 Å². The first-order valence-electron chi connectivity index (χ1n) is 22.5. The lowest BCUT2D eigenvalue weighted by atomic mass is 9.99. The molecule has 18 heteroatoms. The third kappa shape index (κ3) is 18.6. The number of H-pyrrole nitrogens is 2. The zero-order chi connectivity index (χ0) is 48.7. The van der Waals surface area contributed by atoms with Crippen LogP contribution in [0.2, 0.25) is 0 Å². The number of aryl methyl sites for hydroxylation is 1. The molecular weight excluding hydrogens is 849 g/mol. The van der Waals surface area contributed by atoms with Crippen LogP contribution in [0.25, 0.3) is 33.6 Å². The first-order chi connectivity index (χ1) is 32.0. The maximum atomic E-state index is 13.6. The number of aromatic amines is 2. The topological polar surface area (TPSA) is 220 Å². The van der Waals surface area contributed by atoms with Crippen molar-refractivity contribution < 1.29 is 47.6 Å². The highest BCUT2D eigenvalue weighted by Gasteiger charge is 2.36. The van der Waals surface area contributed by atoms with Crippen molar-refractivity contribution in [3.63, 3.8) is 0 Å². The molecule has 1 saturated heterocycles. The molecule has 1 fully saturated rings. The molecule has 2 aromatic heterocycles. The lowest BCUT2D eigenvalue weighted by Crippen LogP contribution is -2.47. The van der Waals surface area contributed by atoms with Crippen LogP contribution in [0.3, 0.4) is 0 Å². The molecule has 2 aromatic carbocycles. The first kappa shape index (κ1) is 56.3. The predicted molar refractivity (Wildman–Crippen MR) is 255 cm³/mol. The molecule has 0 spiro atoms. The largest absolute Gasteiger partial charge is 0.490 e. The van der Waals surface area contributed by atoms with Crippen LogP contribution in [0.4, 0.5) is 0 Å². The normalized spacial score (nSPS) is 13.2. The molecule has 3 heterocycles. The van der Waals surface area contributed by atoms with Gasteiger partial charge in [-0.2, -0.15) is 0 Å². The summed E-state index contributed by atoms with van der Waals surface area (Å²) in [5.41, 5.74) is 5.33. The molecule has 1 aliphatic heterocycles. The molecule has 366 valence electrons. The second kappa shape index (κ2) is 32.8. The lowest BCUT2D eigenvalue weighted by molar-refractivity contribution is -0.135. The molecular formula is C48H74N8O10. The van der Waals surface area contributed by atoms with Crippen LogP contribution in [-0.4, -0.2) is 144 Å². The van der Waals surface area contributed by atoms with Gasteiger partial charge in [0.1, 0.15) is 36.4 Å². The Balaban J connectivity index is 0.00000123. The van der Waals surface area contributed by atoms with E-state index >= 15 is 0 Å². The van der Waals surface area contributed by atoms with Gasteiger partial charge in [-0.05, 0) is 74.5 Å². The highest BCUT2D eigenvalue weighted by atomic mass is 16.5. The van der Waals surface area contributed by atoms with Gasteiger partial charge in [0.2, 0.25) is 11.8 Å². The van der Waals surface area contributed by atoms with E-state index < -0.39 is 0 Å². The number of benzene rings is 2. The minimum absolute atomic E-state index is 0.00450.